The first-order valence-corrected chi connectivity index (χ1v) is 8.11. The number of nitrogens with zero attached hydrogens (tertiary/aromatic N) is 1. The Balaban J connectivity index is 1.83. The fourth-order valence-corrected chi connectivity index (χ4v) is 3.89. The van der Waals surface area contributed by atoms with Gasteiger partial charge in [-0.25, -0.2) is 13.1 Å². The zero-order valence-corrected chi connectivity index (χ0v) is 11.4. The molecule has 2 saturated carbocycles. The van der Waals surface area contributed by atoms with Crippen LogP contribution in [-0.4, -0.2) is 14.5 Å². The number of hydrogen-bond donors (Lipinski definition) is 1. The van der Waals surface area contributed by atoms with E-state index in [1.54, 1.807) is 18.2 Å². The van der Waals surface area contributed by atoms with E-state index >= 15 is 0 Å². The highest BCUT2D eigenvalue weighted by atomic mass is 32.2. The molecule has 1 aromatic rings. The summed E-state index contributed by atoms with van der Waals surface area (Å²) < 4.78 is 27.6. The minimum atomic E-state index is -3.50. The molecule has 19 heavy (non-hydrogen) atoms. The van der Waals surface area contributed by atoms with Crippen molar-refractivity contribution < 1.29 is 8.42 Å². The molecule has 0 spiro atoms. The summed E-state index contributed by atoms with van der Waals surface area (Å²) in [6.07, 6.45) is 4.51. The Morgan fingerprint density at radius 2 is 1.84 bits per heavy atom. The lowest BCUT2D eigenvalue weighted by Crippen LogP contribution is -2.38. The average Bonchev–Trinajstić information content (AvgIpc) is 3.29. The van der Waals surface area contributed by atoms with E-state index in [-0.39, 0.29) is 10.9 Å². The Kier molecular flexibility index (Phi) is 3.08. The molecule has 0 aliphatic heterocycles. The molecule has 3 rings (SSSR count). The molecule has 2 fully saturated rings. The maximum atomic E-state index is 12.4. The Bertz CT molecular complexity index is 613. The van der Waals surface area contributed by atoms with Crippen LogP contribution in [0.15, 0.2) is 29.2 Å². The first-order valence-electron chi connectivity index (χ1n) is 6.62. The molecule has 100 valence electrons. The molecule has 2 aliphatic rings. The van der Waals surface area contributed by atoms with E-state index in [4.69, 9.17) is 5.26 Å². The summed E-state index contributed by atoms with van der Waals surface area (Å²) in [7, 11) is -3.50. The normalized spacial score (nSPS) is 19.4. The van der Waals surface area contributed by atoms with Gasteiger partial charge in [-0.2, -0.15) is 5.26 Å². The summed E-state index contributed by atoms with van der Waals surface area (Å²) in [6, 6.07) is 8.25. The summed E-state index contributed by atoms with van der Waals surface area (Å²) in [6.45, 7) is 0. The average molecular weight is 276 g/mol. The van der Waals surface area contributed by atoms with Crippen molar-refractivity contribution >= 4 is 10.0 Å². The molecule has 0 radical (unpaired) electrons. The molecule has 0 unspecified atom stereocenters. The van der Waals surface area contributed by atoms with Crippen LogP contribution in [0.3, 0.4) is 0 Å². The summed E-state index contributed by atoms with van der Waals surface area (Å²) >= 11 is 0. The minimum absolute atomic E-state index is 0.0933. The zero-order chi connectivity index (χ0) is 13.5. The lowest BCUT2D eigenvalue weighted by Gasteiger charge is -2.17. The fraction of sp³-hybridized carbons (Fsp3) is 0.500. The summed E-state index contributed by atoms with van der Waals surface area (Å²) in [4.78, 5) is 0.192. The maximum Gasteiger partial charge on any atom is 0.240 e. The SMILES string of the molecule is N#Cc1cccc(S(=O)(=O)NC(C2CC2)C2CC2)c1. The van der Waals surface area contributed by atoms with Gasteiger partial charge in [0.15, 0.2) is 0 Å². The number of sulfonamides is 1. The van der Waals surface area contributed by atoms with E-state index in [0.29, 0.717) is 17.4 Å². The van der Waals surface area contributed by atoms with Gasteiger partial charge in [0.05, 0.1) is 16.5 Å². The van der Waals surface area contributed by atoms with E-state index in [0.717, 1.165) is 25.7 Å². The molecule has 5 heteroatoms. The highest BCUT2D eigenvalue weighted by Gasteiger charge is 2.43. The molecule has 1 N–H and O–H groups in total. The predicted octanol–water partition coefficient (Wildman–Crippen LogP) is 2.03. The van der Waals surface area contributed by atoms with Gasteiger partial charge in [-0.1, -0.05) is 6.07 Å². The third kappa shape index (κ3) is 2.80. The number of nitrogens with one attached hydrogen (secondary N) is 1. The van der Waals surface area contributed by atoms with Crippen molar-refractivity contribution in [3.63, 3.8) is 0 Å². The van der Waals surface area contributed by atoms with Gasteiger partial charge in [0, 0.05) is 6.04 Å². The van der Waals surface area contributed by atoms with E-state index in [9.17, 15) is 8.42 Å². The van der Waals surface area contributed by atoms with Crippen molar-refractivity contribution in [3.05, 3.63) is 29.8 Å². The van der Waals surface area contributed by atoms with E-state index in [1.165, 1.54) is 6.07 Å². The van der Waals surface area contributed by atoms with E-state index in [2.05, 4.69) is 4.72 Å². The van der Waals surface area contributed by atoms with Gasteiger partial charge in [0.2, 0.25) is 10.0 Å². The van der Waals surface area contributed by atoms with E-state index in [1.807, 2.05) is 6.07 Å². The van der Waals surface area contributed by atoms with Crippen LogP contribution in [0.2, 0.25) is 0 Å². The van der Waals surface area contributed by atoms with Gasteiger partial charge >= 0.3 is 0 Å². The van der Waals surface area contributed by atoms with Gasteiger partial charge < -0.3 is 0 Å². The Hall–Kier alpha value is -1.38. The third-order valence-corrected chi connectivity index (χ3v) is 5.28. The summed E-state index contributed by atoms with van der Waals surface area (Å²) in [5.41, 5.74) is 0.372. The monoisotopic (exact) mass is 276 g/mol. The lowest BCUT2D eigenvalue weighted by atomic mass is 10.1. The molecule has 0 aromatic heterocycles. The highest BCUT2D eigenvalue weighted by Crippen LogP contribution is 2.45. The van der Waals surface area contributed by atoms with Crippen molar-refractivity contribution in [1.29, 1.82) is 5.26 Å². The molecule has 1 aromatic carbocycles. The lowest BCUT2D eigenvalue weighted by molar-refractivity contribution is 0.471. The molecule has 0 bridgehead atoms. The third-order valence-electron chi connectivity index (χ3n) is 3.82. The molecular weight excluding hydrogens is 260 g/mol. The first kappa shape index (κ1) is 12.6. The molecule has 0 saturated heterocycles. The second-order valence-electron chi connectivity index (χ2n) is 5.46. The maximum absolute atomic E-state index is 12.4. The van der Waals surface area contributed by atoms with Crippen LogP contribution in [0, 0.1) is 23.2 Å². The van der Waals surface area contributed by atoms with Crippen molar-refractivity contribution in [2.75, 3.05) is 0 Å². The van der Waals surface area contributed by atoms with E-state index < -0.39 is 10.0 Å². The highest BCUT2D eigenvalue weighted by molar-refractivity contribution is 7.89. The Morgan fingerprint density at radius 3 is 2.37 bits per heavy atom. The number of hydrogen-bond acceptors (Lipinski definition) is 3. The van der Waals surface area contributed by atoms with Crippen molar-refractivity contribution in [1.82, 2.24) is 4.72 Å². The zero-order valence-electron chi connectivity index (χ0n) is 10.5. The van der Waals surface area contributed by atoms with Gasteiger partial charge in [0.1, 0.15) is 0 Å². The number of rotatable bonds is 5. The largest absolute Gasteiger partial charge is 0.240 e. The van der Waals surface area contributed by atoms with Crippen LogP contribution in [0.25, 0.3) is 0 Å². The second kappa shape index (κ2) is 4.62. The molecular formula is C14H16N2O2S. The second-order valence-corrected chi connectivity index (χ2v) is 7.18. The van der Waals surface area contributed by atoms with Crippen LogP contribution in [0.4, 0.5) is 0 Å². The van der Waals surface area contributed by atoms with Crippen molar-refractivity contribution in [3.8, 4) is 6.07 Å². The number of nitriles is 1. The van der Waals surface area contributed by atoms with Gasteiger partial charge in [-0.3, -0.25) is 0 Å². The quantitative estimate of drug-likeness (QED) is 0.894. The smallest absolute Gasteiger partial charge is 0.208 e. The van der Waals surface area contributed by atoms with Crippen LogP contribution in [0.5, 0.6) is 0 Å². The summed E-state index contributed by atoms with van der Waals surface area (Å²) in [5, 5.41) is 8.84. The van der Waals surface area contributed by atoms with Crippen molar-refractivity contribution in [2.24, 2.45) is 11.8 Å². The van der Waals surface area contributed by atoms with Crippen molar-refractivity contribution in [2.45, 2.75) is 36.6 Å². The molecule has 4 nitrogen and oxygen atoms in total. The van der Waals surface area contributed by atoms with Crippen LogP contribution >= 0.6 is 0 Å². The minimum Gasteiger partial charge on any atom is -0.208 e. The van der Waals surface area contributed by atoms with Crippen LogP contribution < -0.4 is 4.72 Å². The van der Waals surface area contributed by atoms with Gasteiger partial charge in [-0.05, 0) is 55.7 Å². The summed E-state index contributed by atoms with van der Waals surface area (Å²) in [5.74, 6) is 1.03. The Morgan fingerprint density at radius 1 is 1.21 bits per heavy atom. The number of benzene rings is 1. The fourth-order valence-electron chi connectivity index (χ4n) is 2.47. The van der Waals surface area contributed by atoms with Gasteiger partial charge in [-0.15, -0.1) is 0 Å². The Labute approximate surface area is 113 Å². The topological polar surface area (TPSA) is 70.0 Å². The standard InChI is InChI=1S/C14H16N2O2S/c15-9-10-2-1-3-13(8-10)19(17,18)16-14(11-4-5-11)12-6-7-12/h1-3,8,11-12,14,16H,4-7H2. The molecule has 2 aliphatic carbocycles. The van der Waals surface area contributed by atoms with Crippen LogP contribution in [-0.2, 0) is 10.0 Å². The van der Waals surface area contributed by atoms with Gasteiger partial charge in [0.25, 0.3) is 0 Å². The predicted molar refractivity (Wildman–Crippen MR) is 70.7 cm³/mol. The molecule has 0 heterocycles. The van der Waals surface area contributed by atoms with Crippen LogP contribution in [0.1, 0.15) is 31.2 Å². The first-order chi connectivity index (χ1) is 9.10. The molecule has 0 atom stereocenters. The molecule has 0 amide bonds.